The number of hydrogen-bond acceptors (Lipinski definition) is 3. The molecule has 0 unspecified atom stereocenters. The molecule has 110 valence electrons. The quantitative estimate of drug-likeness (QED) is 0.720. The third-order valence-corrected chi connectivity index (χ3v) is 2.85. The highest BCUT2D eigenvalue weighted by Gasteiger charge is 2.23. The normalized spacial score (nSPS) is 14.1. The minimum absolute atomic E-state index is 0.0797. The summed E-state index contributed by atoms with van der Waals surface area (Å²) in [6.07, 6.45) is 5.85. The van der Waals surface area contributed by atoms with Crippen molar-refractivity contribution in [2.45, 2.75) is 53.9 Å². The van der Waals surface area contributed by atoms with Crippen LogP contribution in [0, 0.1) is 5.41 Å². The first-order chi connectivity index (χ1) is 9.09. The maximum absolute atomic E-state index is 5.93. The van der Waals surface area contributed by atoms with E-state index in [4.69, 9.17) is 4.42 Å². The van der Waals surface area contributed by atoms with E-state index in [-0.39, 0.29) is 10.8 Å². The van der Waals surface area contributed by atoms with Gasteiger partial charge in [-0.05, 0) is 19.7 Å². The maximum Gasteiger partial charge on any atom is 0.200 e. The Morgan fingerprint density at radius 3 is 2.20 bits per heavy atom. The zero-order chi connectivity index (χ0) is 15.6. The molecule has 3 heteroatoms. The zero-order valence-corrected chi connectivity index (χ0v) is 13.7. The molecule has 0 N–H and O–H groups in total. The first kappa shape index (κ1) is 16.4. The molecule has 0 atom stereocenters. The molecule has 0 radical (unpaired) electrons. The summed E-state index contributed by atoms with van der Waals surface area (Å²) < 4.78 is 5.93. The molecule has 0 amide bonds. The van der Waals surface area contributed by atoms with Crippen molar-refractivity contribution in [1.82, 2.24) is 4.98 Å². The van der Waals surface area contributed by atoms with E-state index < -0.39 is 0 Å². The molecule has 3 nitrogen and oxygen atoms in total. The summed E-state index contributed by atoms with van der Waals surface area (Å²) in [6, 6.07) is 0. The van der Waals surface area contributed by atoms with E-state index in [1.165, 1.54) is 0 Å². The number of aromatic nitrogens is 1. The van der Waals surface area contributed by atoms with Gasteiger partial charge in [0.2, 0.25) is 5.89 Å². The summed E-state index contributed by atoms with van der Waals surface area (Å²) in [6.45, 7) is 18.2. The molecule has 0 saturated heterocycles. The van der Waals surface area contributed by atoms with Crippen LogP contribution in [0.1, 0.15) is 65.8 Å². The van der Waals surface area contributed by atoms with Crippen LogP contribution in [0.15, 0.2) is 21.2 Å². The Kier molecular flexibility index (Phi) is 4.74. The molecule has 0 spiro atoms. The third-order valence-electron chi connectivity index (χ3n) is 2.85. The monoisotopic (exact) mass is 274 g/mol. The van der Waals surface area contributed by atoms with Crippen molar-refractivity contribution in [2.75, 3.05) is 0 Å². The fourth-order valence-electron chi connectivity index (χ4n) is 1.67. The summed E-state index contributed by atoms with van der Waals surface area (Å²) in [5, 5.41) is 0. The number of aliphatic imine (C=N–C) groups is 1. The molecule has 0 aliphatic rings. The fourth-order valence-corrected chi connectivity index (χ4v) is 1.67. The standard InChI is InChI=1S/C17H26N2O/c1-9-10-12-13(11-14(18-8)16(2,3)4)20-15(19-12)17(5,6)7/h9-11H,8H2,1-7H3/b10-9-,14-11-. The van der Waals surface area contributed by atoms with Crippen molar-refractivity contribution in [1.29, 1.82) is 0 Å². The smallest absolute Gasteiger partial charge is 0.200 e. The van der Waals surface area contributed by atoms with Gasteiger partial charge in [0.15, 0.2) is 5.76 Å². The van der Waals surface area contributed by atoms with Gasteiger partial charge in [-0.15, -0.1) is 0 Å². The molecular formula is C17H26N2O. The topological polar surface area (TPSA) is 38.4 Å². The largest absolute Gasteiger partial charge is 0.440 e. The van der Waals surface area contributed by atoms with Crippen LogP contribution in [-0.4, -0.2) is 11.7 Å². The van der Waals surface area contributed by atoms with Crippen molar-refractivity contribution in [2.24, 2.45) is 10.4 Å². The van der Waals surface area contributed by atoms with E-state index in [1.807, 2.05) is 25.2 Å². The highest BCUT2D eigenvalue weighted by molar-refractivity contribution is 5.61. The molecule has 0 aromatic carbocycles. The fraction of sp³-hybridized carbons (Fsp3) is 0.529. The van der Waals surface area contributed by atoms with Crippen LogP contribution < -0.4 is 0 Å². The minimum atomic E-state index is -0.119. The van der Waals surface area contributed by atoms with Gasteiger partial charge in [0.25, 0.3) is 0 Å². The Morgan fingerprint density at radius 1 is 1.20 bits per heavy atom. The number of allylic oxidation sites excluding steroid dienone is 2. The van der Waals surface area contributed by atoms with Crippen LogP contribution in [0.2, 0.25) is 0 Å². The summed E-state index contributed by atoms with van der Waals surface area (Å²) in [5.41, 5.74) is 1.53. The molecule has 1 rings (SSSR count). The molecule has 0 fully saturated rings. The van der Waals surface area contributed by atoms with E-state index in [2.05, 4.69) is 58.2 Å². The zero-order valence-electron chi connectivity index (χ0n) is 13.7. The maximum atomic E-state index is 5.93. The molecule has 0 saturated carbocycles. The first-order valence-corrected chi connectivity index (χ1v) is 6.92. The van der Waals surface area contributed by atoms with E-state index in [9.17, 15) is 0 Å². The molecule has 0 bridgehead atoms. The predicted octanol–water partition coefficient (Wildman–Crippen LogP) is 5.09. The molecular weight excluding hydrogens is 248 g/mol. The molecule has 1 aromatic rings. The molecule has 1 heterocycles. The number of nitrogens with zero attached hydrogens (tertiary/aromatic N) is 2. The van der Waals surface area contributed by atoms with E-state index in [0.717, 1.165) is 23.0 Å². The van der Waals surface area contributed by atoms with Crippen molar-refractivity contribution in [3.8, 4) is 0 Å². The Morgan fingerprint density at radius 2 is 1.80 bits per heavy atom. The highest BCUT2D eigenvalue weighted by atomic mass is 16.4. The van der Waals surface area contributed by atoms with Crippen molar-refractivity contribution in [3.63, 3.8) is 0 Å². The lowest BCUT2D eigenvalue weighted by Crippen LogP contribution is -2.11. The molecule has 0 aliphatic heterocycles. The van der Waals surface area contributed by atoms with Gasteiger partial charge < -0.3 is 4.42 Å². The lowest BCUT2D eigenvalue weighted by Gasteiger charge is -2.18. The van der Waals surface area contributed by atoms with Gasteiger partial charge in [-0.3, -0.25) is 4.99 Å². The average molecular weight is 274 g/mol. The average Bonchev–Trinajstić information content (AvgIpc) is 2.68. The van der Waals surface area contributed by atoms with Gasteiger partial charge in [0.05, 0.1) is 0 Å². The second kappa shape index (κ2) is 5.78. The number of oxazole rings is 1. The summed E-state index contributed by atoms with van der Waals surface area (Å²) in [7, 11) is 0. The second-order valence-corrected chi connectivity index (χ2v) is 6.96. The molecule has 20 heavy (non-hydrogen) atoms. The van der Waals surface area contributed by atoms with Crippen LogP contribution in [-0.2, 0) is 5.41 Å². The summed E-state index contributed by atoms with van der Waals surface area (Å²) in [4.78, 5) is 8.71. The predicted molar refractivity (Wildman–Crippen MR) is 86.9 cm³/mol. The van der Waals surface area contributed by atoms with Crippen LogP contribution in [0.3, 0.4) is 0 Å². The van der Waals surface area contributed by atoms with E-state index in [1.54, 1.807) is 0 Å². The lowest BCUT2D eigenvalue weighted by molar-refractivity contribution is 0.388. The van der Waals surface area contributed by atoms with Crippen LogP contribution in [0.4, 0.5) is 0 Å². The van der Waals surface area contributed by atoms with Crippen LogP contribution >= 0.6 is 0 Å². The van der Waals surface area contributed by atoms with Gasteiger partial charge in [-0.25, -0.2) is 4.98 Å². The Hall–Kier alpha value is -1.64. The molecule has 0 aliphatic carbocycles. The first-order valence-electron chi connectivity index (χ1n) is 6.92. The highest BCUT2D eigenvalue weighted by Crippen LogP contribution is 2.31. The van der Waals surface area contributed by atoms with Crippen molar-refractivity contribution < 1.29 is 4.42 Å². The summed E-state index contributed by atoms with van der Waals surface area (Å²) >= 11 is 0. The van der Waals surface area contributed by atoms with Gasteiger partial charge in [0.1, 0.15) is 5.69 Å². The number of hydrogen-bond donors (Lipinski definition) is 0. The second-order valence-electron chi connectivity index (χ2n) is 6.96. The van der Waals surface area contributed by atoms with E-state index in [0.29, 0.717) is 0 Å². The summed E-state index contributed by atoms with van der Waals surface area (Å²) in [5.74, 6) is 1.47. The third kappa shape index (κ3) is 3.92. The van der Waals surface area contributed by atoms with Gasteiger partial charge in [-0.2, -0.15) is 0 Å². The SMILES string of the molecule is C=N/C(=C\c1oc(C(C)(C)C)nc1/C=C\C)C(C)(C)C. The minimum Gasteiger partial charge on any atom is -0.440 e. The van der Waals surface area contributed by atoms with Gasteiger partial charge in [0, 0.05) is 22.6 Å². The van der Waals surface area contributed by atoms with E-state index >= 15 is 0 Å². The van der Waals surface area contributed by atoms with Crippen molar-refractivity contribution >= 4 is 18.9 Å². The Balaban J connectivity index is 3.40. The van der Waals surface area contributed by atoms with Crippen LogP contribution in [0.25, 0.3) is 12.2 Å². The van der Waals surface area contributed by atoms with Gasteiger partial charge >= 0.3 is 0 Å². The lowest BCUT2D eigenvalue weighted by atomic mass is 9.91. The van der Waals surface area contributed by atoms with Gasteiger partial charge in [-0.1, -0.05) is 47.6 Å². The van der Waals surface area contributed by atoms with Crippen LogP contribution in [0.5, 0.6) is 0 Å². The Labute approximate surface area is 122 Å². The molecule has 1 aromatic heterocycles. The number of rotatable bonds is 3. The Bertz CT molecular complexity index is 534. The van der Waals surface area contributed by atoms with Crippen molar-refractivity contribution in [3.05, 3.63) is 29.1 Å².